The zero-order valence-electron chi connectivity index (χ0n) is 8.56. The zero-order valence-corrected chi connectivity index (χ0v) is 8.56. The molecule has 2 unspecified atom stereocenters. The molecule has 12 heavy (non-hydrogen) atoms. The molecule has 2 atom stereocenters. The summed E-state index contributed by atoms with van der Waals surface area (Å²) in [5.41, 5.74) is 0. The second-order valence-corrected chi connectivity index (χ2v) is 3.43. The maximum absolute atomic E-state index is 5.37. The summed E-state index contributed by atoms with van der Waals surface area (Å²) in [5.74, 6) is 3.51. The van der Waals surface area contributed by atoms with E-state index in [-0.39, 0.29) is 6.04 Å². The van der Waals surface area contributed by atoms with Crippen molar-refractivity contribution in [3.8, 4) is 12.3 Å². The largest absolute Gasteiger partial charge is 0.303 e. The first-order chi connectivity index (χ1) is 5.74. The first kappa shape index (κ1) is 11.5. The van der Waals surface area contributed by atoms with E-state index in [9.17, 15) is 0 Å². The van der Waals surface area contributed by atoms with Gasteiger partial charge in [0.15, 0.2) is 0 Å². The van der Waals surface area contributed by atoms with Gasteiger partial charge >= 0.3 is 0 Å². The van der Waals surface area contributed by atoms with Crippen LogP contribution in [0.1, 0.15) is 40.0 Å². The highest BCUT2D eigenvalue weighted by Crippen LogP contribution is 2.00. The van der Waals surface area contributed by atoms with Crippen LogP contribution in [0, 0.1) is 18.3 Å². The van der Waals surface area contributed by atoms with Crippen molar-refractivity contribution in [2.75, 3.05) is 6.54 Å². The van der Waals surface area contributed by atoms with Gasteiger partial charge in [0.05, 0.1) is 6.04 Å². The molecule has 0 aromatic rings. The van der Waals surface area contributed by atoms with Gasteiger partial charge in [0.2, 0.25) is 0 Å². The first-order valence-corrected chi connectivity index (χ1v) is 4.94. The van der Waals surface area contributed by atoms with Crippen molar-refractivity contribution in [1.29, 1.82) is 0 Å². The number of nitrogens with one attached hydrogen (secondary N) is 1. The van der Waals surface area contributed by atoms with Crippen LogP contribution in [0.2, 0.25) is 0 Å². The van der Waals surface area contributed by atoms with Crippen molar-refractivity contribution >= 4 is 0 Å². The molecule has 0 radical (unpaired) electrons. The van der Waals surface area contributed by atoms with Crippen LogP contribution in [-0.2, 0) is 0 Å². The van der Waals surface area contributed by atoms with Crippen LogP contribution in [0.15, 0.2) is 0 Å². The average molecular weight is 167 g/mol. The molecular weight excluding hydrogens is 146 g/mol. The van der Waals surface area contributed by atoms with Crippen molar-refractivity contribution in [1.82, 2.24) is 5.32 Å². The Morgan fingerprint density at radius 1 is 1.42 bits per heavy atom. The van der Waals surface area contributed by atoms with Crippen LogP contribution < -0.4 is 5.32 Å². The van der Waals surface area contributed by atoms with E-state index in [4.69, 9.17) is 6.42 Å². The van der Waals surface area contributed by atoms with Crippen LogP contribution in [0.25, 0.3) is 0 Å². The normalized spacial score (nSPS) is 15.2. The molecule has 0 aliphatic carbocycles. The number of hydrogen-bond donors (Lipinski definition) is 1. The fraction of sp³-hybridized carbons (Fsp3) is 0.818. The lowest BCUT2D eigenvalue weighted by Gasteiger charge is -2.15. The van der Waals surface area contributed by atoms with Gasteiger partial charge in [0.25, 0.3) is 0 Å². The molecule has 0 aliphatic rings. The Balaban J connectivity index is 3.52. The number of terminal acetylenes is 1. The van der Waals surface area contributed by atoms with E-state index >= 15 is 0 Å². The first-order valence-electron chi connectivity index (χ1n) is 4.94. The van der Waals surface area contributed by atoms with Crippen LogP contribution in [0.4, 0.5) is 0 Å². The monoisotopic (exact) mass is 167 g/mol. The van der Waals surface area contributed by atoms with Crippen LogP contribution in [-0.4, -0.2) is 12.6 Å². The summed E-state index contributed by atoms with van der Waals surface area (Å²) in [7, 11) is 0. The van der Waals surface area contributed by atoms with E-state index in [2.05, 4.69) is 32.0 Å². The molecule has 0 saturated heterocycles. The lowest BCUT2D eigenvalue weighted by molar-refractivity contribution is 0.463. The van der Waals surface area contributed by atoms with Gasteiger partial charge in [0, 0.05) is 0 Å². The second-order valence-electron chi connectivity index (χ2n) is 3.43. The summed E-state index contributed by atoms with van der Waals surface area (Å²) >= 11 is 0. The summed E-state index contributed by atoms with van der Waals surface area (Å²) in [6, 6.07) is 0.281. The molecule has 0 aromatic carbocycles. The van der Waals surface area contributed by atoms with Crippen LogP contribution >= 0.6 is 0 Å². The Hall–Kier alpha value is -0.480. The molecule has 1 heteroatoms. The molecule has 1 N–H and O–H groups in total. The molecule has 0 bridgehead atoms. The fourth-order valence-electron chi connectivity index (χ4n) is 1.02. The van der Waals surface area contributed by atoms with Crippen LogP contribution in [0.3, 0.4) is 0 Å². The molecule has 0 aliphatic heterocycles. The molecular formula is C11H21N. The standard InChI is InChI=1S/C11H21N/c1-5-8-11(7-3)12-9-10(4)6-2/h3,10-12H,5-6,8-9H2,1-2,4H3. The Bertz CT molecular complexity index is 134. The Morgan fingerprint density at radius 3 is 2.50 bits per heavy atom. The number of rotatable bonds is 6. The Kier molecular flexibility index (Phi) is 6.90. The smallest absolute Gasteiger partial charge is 0.0686 e. The third-order valence-electron chi connectivity index (χ3n) is 2.19. The quantitative estimate of drug-likeness (QED) is 0.599. The minimum Gasteiger partial charge on any atom is -0.303 e. The molecule has 1 nitrogen and oxygen atoms in total. The van der Waals surface area contributed by atoms with Crippen molar-refractivity contribution < 1.29 is 0 Å². The fourth-order valence-corrected chi connectivity index (χ4v) is 1.02. The number of hydrogen-bond acceptors (Lipinski definition) is 1. The van der Waals surface area contributed by atoms with Gasteiger partial charge in [-0.15, -0.1) is 6.42 Å². The summed E-state index contributed by atoms with van der Waals surface area (Å²) < 4.78 is 0. The highest BCUT2D eigenvalue weighted by atomic mass is 14.9. The van der Waals surface area contributed by atoms with Gasteiger partial charge in [0.1, 0.15) is 0 Å². The van der Waals surface area contributed by atoms with Crippen molar-refractivity contribution in [2.45, 2.75) is 46.1 Å². The van der Waals surface area contributed by atoms with Gasteiger partial charge in [-0.3, -0.25) is 0 Å². The maximum atomic E-state index is 5.37. The maximum Gasteiger partial charge on any atom is 0.0686 e. The molecule has 0 saturated carbocycles. The van der Waals surface area contributed by atoms with E-state index < -0.39 is 0 Å². The van der Waals surface area contributed by atoms with Gasteiger partial charge in [-0.05, 0) is 18.9 Å². The average Bonchev–Trinajstić information content (AvgIpc) is 2.11. The highest BCUT2D eigenvalue weighted by molar-refractivity contribution is 4.98. The summed E-state index contributed by atoms with van der Waals surface area (Å²) in [5, 5.41) is 3.38. The predicted molar refractivity (Wildman–Crippen MR) is 55.0 cm³/mol. The third-order valence-corrected chi connectivity index (χ3v) is 2.19. The summed E-state index contributed by atoms with van der Waals surface area (Å²) in [4.78, 5) is 0. The van der Waals surface area contributed by atoms with Crippen LogP contribution in [0.5, 0.6) is 0 Å². The van der Waals surface area contributed by atoms with Gasteiger partial charge in [-0.25, -0.2) is 0 Å². The van der Waals surface area contributed by atoms with Gasteiger partial charge in [-0.1, -0.05) is 39.5 Å². The highest BCUT2D eigenvalue weighted by Gasteiger charge is 2.04. The van der Waals surface area contributed by atoms with E-state index in [0.29, 0.717) is 0 Å². The molecule has 0 spiro atoms. The van der Waals surface area contributed by atoms with Crippen molar-refractivity contribution in [3.05, 3.63) is 0 Å². The summed E-state index contributed by atoms with van der Waals surface area (Å²) in [6.07, 6.45) is 8.84. The molecule has 0 amide bonds. The van der Waals surface area contributed by atoms with Gasteiger partial charge < -0.3 is 5.32 Å². The van der Waals surface area contributed by atoms with E-state index in [1.165, 1.54) is 6.42 Å². The lowest BCUT2D eigenvalue weighted by Crippen LogP contribution is -2.31. The van der Waals surface area contributed by atoms with Gasteiger partial charge in [-0.2, -0.15) is 0 Å². The SMILES string of the molecule is C#CC(CCC)NCC(C)CC. The van der Waals surface area contributed by atoms with Crippen molar-refractivity contribution in [3.63, 3.8) is 0 Å². The third kappa shape index (κ3) is 5.21. The molecule has 0 heterocycles. The lowest BCUT2D eigenvalue weighted by atomic mass is 10.1. The van der Waals surface area contributed by atoms with Crippen molar-refractivity contribution in [2.24, 2.45) is 5.92 Å². The second kappa shape index (κ2) is 7.18. The topological polar surface area (TPSA) is 12.0 Å². The molecule has 70 valence electrons. The summed E-state index contributed by atoms with van der Waals surface area (Å²) in [6.45, 7) is 7.66. The molecule has 0 fully saturated rings. The zero-order chi connectivity index (χ0) is 9.40. The predicted octanol–water partition coefficient (Wildman–Crippen LogP) is 2.42. The van der Waals surface area contributed by atoms with E-state index in [1.807, 2.05) is 0 Å². The minimum absolute atomic E-state index is 0.281. The minimum atomic E-state index is 0.281. The van der Waals surface area contributed by atoms with E-state index in [0.717, 1.165) is 25.3 Å². The molecule has 0 aromatic heterocycles. The Labute approximate surface area is 76.9 Å². The van der Waals surface area contributed by atoms with E-state index in [1.54, 1.807) is 0 Å². The molecule has 0 rings (SSSR count). The Morgan fingerprint density at radius 2 is 2.08 bits per heavy atom.